The first-order valence-electron chi connectivity index (χ1n) is 25.0. The molecule has 0 saturated carbocycles. The number of likely N-dealkylation sites (N-methyl/N-ethyl adjacent to an activating group) is 1. The number of nitrogens with two attached hydrogens (primary N) is 1. The van der Waals surface area contributed by atoms with Crippen molar-refractivity contribution in [3.8, 4) is 0 Å². The number of likely N-dealkylation sites (tertiary alicyclic amines) is 1. The Hall–Kier alpha value is -6.06. The van der Waals surface area contributed by atoms with E-state index in [0.29, 0.717) is 49.9 Å². The number of nitrogens with zero attached hydrogens (tertiary/aromatic N) is 9. The second-order valence-electron chi connectivity index (χ2n) is 19.0. The Kier molecular flexibility index (Phi) is 17.6. The molecule has 3 aliphatic rings. The number of fused-ring (bicyclic) bond motifs is 1. The number of nitrogens with one attached hydrogen (secondary N) is 4. The lowest BCUT2D eigenvalue weighted by Gasteiger charge is -2.34. The molecule has 5 aromatic rings. The van der Waals surface area contributed by atoms with E-state index >= 15 is 0 Å². The van der Waals surface area contributed by atoms with Crippen molar-refractivity contribution in [2.75, 3.05) is 20.1 Å². The number of tetrazole rings is 1. The summed E-state index contributed by atoms with van der Waals surface area (Å²) in [5.41, 5.74) is 9.03. The standard InChI is InChI=1S/C51H68N14O5S/c1-5-43(52)48(67)56-46-37(23-24-39-25-26-40(65(39)50(46)69)28-54-45(35-16-9-6-10-17-35)36-18-11-7-12-19-36)29-62-30-38(57-60-62)32-70-34(3)44(55-47(66)33(2)53-4)49(68)63-27-15-20-41(63)31-64-51(58-59-61-64)71-42-21-13-8-14-22-42/h6-14,16-19,21-22,30,33-34,37,39-41,43-46,53-54H,5,15,20,23-29,31-32,52H2,1-4H3,(H,55,66)(H,56,67)/t33-,34+,37+,39-,40-,41-,43?,44-,46?/m0/s1. The zero-order valence-electron chi connectivity index (χ0n) is 41.0. The average Bonchev–Trinajstić information content (AvgIpc) is 4.23. The summed E-state index contributed by atoms with van der Waals surface area (Å²) in [5.74, 6) is -1.36. The molecule has 0 spiro atoms. The summed E-state index contributed by atoms with van der Waals surface area (Å²) in [4.78, 5) is 61.1. The van der Waals surface area contributed by atoms with Gasteiger partial charge >= 0.3 is 0 Å². The van der Waals surface area contributed by atoms with Gasteiger partial charge in [0.1, 0.15) is 17.8 Å². The Morgan fingerprint density at radius 3 is 2.23 bits per heavy atom. The number of amides is 4. The lowest BCUT2D eigenvalue weighted by Crippen LogP contribution is -2.58. The molecule has 19 nitrogen and oxygen atoms in total. The molecule has 3 fully saturated rings. The highest BCUT2D eigenvalue weighted by atomic mass is 32.2. The number of benzene rings is 3. The van der Waals surface area contributed by atoms with Crippen LogP contribution in [-0.2, 0) is 43.6 Å². The maximum atomic E-state index is 14.9. The molecule has 9 atom stereocenters. The number of hydrogen-bond acceptors (Lipinski definition) is 14. The van der Waals surface area contributed by atoms with Crippen LogP contribution in [0.1, 0.15) is 88.6 Å². The molecule has 0 radical (unpaired) electrons. The summed E-state index contributed by atoms with van der Waals surface area (Å²) in [6.07, 6.45) is 6.14. The van der Waals surface area contributed by atoms with Gasteiger partial charge in [-0.1, -0.05) is 91.0 Å². The normalized spacial score (nSPS) is 21.9. The van der Waals surface area contributed by atoms with Crippen molar-refractivity contribution >= 4 is 35.4 Å². The quantitative estimate of drug-likeness (QED) is 0.0669. The highest BCUT2D eigenvalue weighted by Gasteiger charge is 2.46. The molecule has 4 amide bonds. The first-order valence-corrected chi connectivity index (χ1v) is 25.8. The monoisotopic (exact) mass is 989 g/mol. The van der Waals surface area contributed by atoms with Crippen LogP contribution in [0, 0.1) is 5.92 Å². The molecule has 20 heteroatoms. The average molecular weight is 989 g/mol. The van der Waals surface area contributed by atoms with Gasteiger partial charge in [0.15, 0.2) is 0 Å². The molecule has 2 aromatic heterocycles. The van der Waals surface area contributed by atoms with Crippen LogP contribution in [0.5, 0.6) is 0 Å². The van der Waals surface area contributed by atoms with E-state index in [2.05, 4.69) is 71.4 Å². The Morgan fingerprint density at radius 1 is 0.845 bits per heavy atom. The molecule has 5 heterocycles. The molecular formula is C51H68N14O5S. The number of carbonyl (C=O) groups excluding carboxylic acids is 4. The molecule has 6 N–H and O–H groups in total. The minimum absolute atomic E-state index is 0.00310. The van der Waals surface area contributed by atoms with Crippen LogP contribution < -0.4 is 27.0 Å². The molecule has 378 valence electrons. The van der Waals surface area contributed by atoms with Crippen molar-refractivity contribution in [3.05, 3.63) is 114 Å². The van der Waals surface area contributed by atoms with Gasteiger partial charge in [0, 0.05) is 42.5 Å². The van der Waals surface area contributed by atoms with E-state index in [1.54, 1.807) is 41.4 Å². The molecule has 71 heavy (non-hydrogen) atoms. The number of hydrogen-bond donors (Lipinski definition) is 5. The van der Waals surface area contributed by atoms with Gasteiger partial charge < -0.3 is 41.5 Å². The maximum absolute atomic E-state index is 14.9. The molecule has 0 aliphatic carbocycles. The van der Waals surface area contributed by atoms with Gasteiger partial charge in [-0.05, 0) is 111 Å². The fourth-order valence-corrected chi connectivity index (χ4v) is 10.8. The highest BCUT2D eigenvalue weighted by molar-refractivity contribution is 7.99. The van der Waals surface area contributed by atoms with Gasteiger partial charge in [0.05, 0.1) is 49.6 Å². The summed E-state index contributed by atoms with van der Waals surface area (Å²) in [6, 6.07) is 27.0. The van der Waals surface area contributed by atoms with Gasteiger partial charge in [-0.25, -0.2) is 4.68 Å². The van der Waals surface area contributed by atoms with Gasteiger partial charge in [-0.2, -0.15) is 0 Å². The van der Waals surface area contributed by atoms with E-state index in [-0.39, 0.29) is 60.3 Å². The Balaban J connectivity index is 0.935. The third kappa shape index (κ3) is 12.7. The lowest BCUT2D eigenvalue weighted by atomic mass is 9.92. The molecule has 3 saturated heterocycles. The zero-order chi connectivity index (χ0) is 49.9. The maximum Gasteiger partial charge on any atom is 0.248 e. The molecule has 0 bridgehead atoms. The summed E-state index contributed by atoms with van der Waals surface area (Å²) in [5, 5.41) is 34.7. The van der Waals surface area contributed by atoms with E-state index < -0.39 is 30.3 Å². The van der Waals surface area contributed by atoms with Crippen LogP contribution in [-0.4, -0.2) is 137 Å². The van der Waals surface area contributed by atoms with Crippen LogP contribution in [0.2, 0.25) is 0 Å². The highest BCUT2D eigenvalue weighted by Crippen LogP contribution is 2.35. The molecular weight excluding hydrogens is 921 g/mol. The lowest BCUT2D eigenvalue weighted by molar-refractivity contribution is -0.142. The van der Waals surface area contributed by atoms with Crippen molar-refractivity contribution < 1.29 is 23.9 Å². The van der Waals surface area contributed by atoms with Crippen molar-refractivity contribution in [2.24, 2.45) is 11.7 Å². The van der Waals surface area contributed by atoms with Crippen molar-refractivity contribution in [2.45, 2.75) is 150 Å². The van der Waals surface area contributed by atoms with Gasteiger partial charge in [-0.15, -0.1) is 10.2 Å². The van der Waals surface area contributed by atoms with E-state index in [0.717, 1.165) is 48.1 Å². The van der Waals surface area contributed by atoms with Crippen LogP contribution in [0.15, 0.2) is 107 Å². The van der Waals surface area contributed by atoms with Crippen LogP contribution >= 0.6 is 11.8 Å². The number of ether oxygens (including phenoxy) is 1. The van der Waals surface area contributed by atoms with Crippen LogP contribution in [0.3, 0.4) is 0 Å². The number of rotatable bonds is 22. The Bertz CT molecular complexity index is 2480. The Morgan fingerprint density at radius 2 is 1.54 bits per heavy atom. The summed E-state index contributed by atoms with van der Waals surface area (Å²) < 4.78 is 9.76. The first kappa shape index (κ1) is 51.3. The van der Waals surface area contributed by atoms with Crippen molar-refractivity contribution in [1.29, 1.82) is 0 Å². The molecule has 3 aliphatic heterocycles. The van der Waals surface area contributed by atoms with Crippen LogP contribution in [0.25, 0.3) is 0 Å². The predicted molar refractivity (Wildman–Crippen MR) is 267 cm³/mol. The van der Waals surface area contributed by atoms with Gasteiger partial charge in [-0.3, -0.25) is 23.9 Å². The van der Waals surface area contributed by atoms with E-state index in [9.17, 15) is 19.2 Å². The predicted octanol–water partition coefficient (Wildman–Crippen LogP) is 3.48. The SMILES string of the molecule is CCC(N)C(=O)NC1C(=O)N2[C@@H](CC[C@@H]1Cn1cc(CO[C@H](C)[C@H](NC(=O)[C@H](C)NC)C(=O)N3CCC[C@H]3Cn3nnnc3Sc3ccccc3)nn1)CC[C@H]2CNC(c1ccccc1)c1ccccc1. The molecule has 2 unspecified atom stereocenters. The van der Waals surface area contributed by atoms with Gasteiger partial charge in [0.25, 0.3) is 0 Å². The minimum atomic E-state index is -1.01. The van der Waals surface area contributed by atoms with Crippen LogP contribution in [0.4, 0.5) is 0 Å². The van der Waals surface area contributed by atoms with E-state index in [4.69, 9.17) is 10.5 Å². The second kappa shape index (κ2) is 24.4. The van der Waals surface area contributed by atoms with Crippen molar-refractivity contribution in [3.63, 3.8) is 0 Å². The fourth-order valence-electron chi connectivity index (χ4n) is 10.0. The molecule has 3 aromatic carbocycles. The minimum Gasteiger partial charge on any atom is -0.369 e. The van der Waals surface area contributed by atoms with E-state index in [1.807, 2.05) is 78.6 Å². The third-order valence-corrected chi connectivity index (χ3v) is 15.2. The van der Waals surface area contributed by atoms with Gasteiger partial charge in [0.2, 0.25) is 28.8 Å². The molecule has 8 rings (SSSR count). The van der Waals surface area contributed by atoms with E-state index in [1.165, 1.54) is 11.8 Å². The number of carbonyl (C=O) groups is 4. The smallest absolute Gasteiger partial charge is 0.248 e. The zero-order valence-corrected chi connectivity index (χ0v) is 41.9. The summed E-state index contributed by atoms with van der Waals surface area (Å²) >= 11 is 1.45. The third-order valence-electron chi connectivity index (χ3n) is 14.2. The largest absolute Gasteiger partial charge is 0.369 e. The first-order chi connectivity index (χ1) is 34.5. The van der Waals surface area contributed by atoms with Crippen molar-refractivity contribution in [1.82, 2.24) is 66.3 Å². The summed E-state index contributed by atoms with van der Waals surface area (Å²) in [7, 11) is 1.69. The summed E-state index contributed by atoms with van der Waals surface area (Å²) in [6.45, 7) is 7.15. The second-order valence-corrected chi connectivity index (χ2v) is 20.0. The fraction of sp³-hybridized carbons (Fsp3) is 0.510. The topological polar surface area (TPSA) is 232 Å². The Labute approximate surface area is 419 Å². The number of aromatic nitrogens is 7.